The van der Waals surface area contributed by atoms with Crippen molar-refractivity contribution in [1.82, 2.24) is 15.1 Å². The highest BCUT2D eigenvalue weighted by Crippen LogP contribution is 2.22. The van der Waals surface area contributed by atoms with E-state index in [1.807, 2.05) is 11.8 Å². The lowest BCUT2D eigenvalue weighted by Crippen LogP contribution is -2.33. The van der Waals surface area contributed by atoms with Crippen LogP contribution in [0, 0.1) is 0 Å². The number of carbonyl (C=O) groups is 1. The molecule has 0 aliphatic rings. The quantitative estimate of drug-likeness (QED) is 0.848. The van der Waals surface area contributed by atoms with E-state index >= 15 is 0 Å². The first-order valence-corrected chi connectivity index (χ1v) is 7.27. The van der Waals surface area contributed by atoms with E-state index in [1.165, 1.54) is 6.20 Å². The number of carbonyl (C=O) groups excluding carboxylic acids is 1. The molecule has 1 aromatic heterocycles. The van der Waals surface area contributed by atoms with E-state index < -0.39 is 0 Å². The van der Waals surface area contributed by atoms with Gasteiger partial charge in [0.2, 0.25) is 5.91 Å². The van der Waals surface area contributed by atoms with Crippen LogP contribution in [0.3, 0.4) is 0 Å². The molecular weight excluding hydrogens is 270 g/mol. The molecule has 0 aliphatic heterocycles. The number of nitrogens with one attached hydrogen (secondary N) is 1. The Bertz CT molecular complexity index is 400. The largest absolute Gasteiger partial charge is 0.353 e. The standard InChI is InChI=1S/C12H20ClN3OS/c1-9(16-8-10(13)7-15-16)11(17)14-5-6-18-12(2,3)4/h7-9H,5-6H2,1-4H3,(H,14,17)/t9-/m1/s1. The normalized spacial score (nSPS) is 13.4. The second-order valence-electron chi connectivity index (χ2n) is 5.07. The van der Waals surface area contributed by atoms with Crippen molar-refractivity contribution in [2.45, 2.75) is 38.5 Å². The fourth-order valence-electron chi connectivity index (χ4n) is 1.33. The highest BCUT2D eigenvalue weighted by Gasteiger charge is 2.16. The van der Waals surface area contributed by atoms with Gasteiger partial charge in [0, 0.05) is 23.2 Å². The molecule has 0 aromatic carbocycles. The first-order valence-electron chi connectivity index (χ1n) is 5.91. The van der Waals surface area contributed by atoms with E-state index in [2.05, 4.69) is 31.2 Å². The molecule has 1 amide bonds. The Labute approximate surface area is 117 Å². The molecule has 0 fully saturated rings. The van der Waals surface area contributed by atoms with Gasteiger partial charge in [0.15, 0.2) is 0 Å². The van der Waals surface area contributed by atoms with Gasteiger partial charge in [-0.25, -0.2) is 0 Å². The molecule has 0 saturated carbocycles. The van der Waals surface area contributed by atoms with Crippen LogP contribution in [-0.2, 0) is 4.79 Å². The number of thioether (sulfide) groups is 1. The molecule has 0 saturated heterocycles. The van der Waals surface area contributed by atoms with Crippen LogP contribution in [0.2, 0.25) is 5.02 Å². The Morgan fingerprint density at radius 1 is 1.61 bits per heavy atom. The molecule has 18 heavy (non-hydrogen) atoms. The van der Waals surface area contributed by atoms with Gasteiger partial charge in [0.05, 0.1) is 11.2 Å². The van der Waals surface area contributed by atoms with Crippen LogP contribution in [0.25, 0.3) is 0 Å². The number of amides is 1. The van der Waals surface area contributed by atoms with Crippen molar-refractivity contribution < 1.29 is 4.79 Å². The minimum Gasteiger partial charge on any atom is -0.353 e. The summed E-state index contributed by atoms with van der Waals surface area (Å²) >= 11 is 7.60. The van der Waals surface area contributed by atoms with Crippen LogP contribution in [0.15, 0.2) is 12.4 Å². The molecule has 1 N–H and O–H groups in total. The van der Waals surface area contributed by atoms with Crippen molar-refractivity contribution in [1.29, 1.82) is 0 Å². The second-order valence-corrected chi connectivity index (χ2v) is 7.42. The second kappa shape index (κ2) is 6.48. The van der Waals surface area contributed by atoms with Gasteiger partial charge in [-0.15, -0.1) is 0 Å². The van der Waals surface area contributed by atoms with Gasteiger partial charge in [0.1, 0.15) is 6.04 Å². The number of hydrogen-bond donors (Lipinski definition) is 1. The zero-order valence-electron chi connectivity index (χ0n) is 11.2. The Hall–Kier alpha value is -0.680. The lowest BCUT2D eigenvalue weighted by Gasteiger charge is -2.18. The summed E-state index contributed by atoms with van der Waals surface area (Å²) in [5.74, 6) is 0.867. The van der Waals surface area contributed by atoms with Crippen molar-refractivity contribution in [3.05, 3.63) is 17.4 Å². The van der Waals surface area contributed by atoms with Crippen LogP contribution in [-0.4, -0.2) is 32.7 Å². The Morgan fingerprint density at radius 2 is 2.28 bits per heavy atom. The van der Waals surface area contributed by atoms with Crippen molar-refractivity contribution in [3.63, 3.8) is 0 Å². The van der Waals surface area contributed by atoms with Gasteiger partial charge in [-0.3, -0.25) is 9.48 Å². The first-order chi connectivity index (χ1) is 8.29. The zero-order chi connectivity index (χ0) is 13.8. The third kappa shape index (κ3) is 5.31. The third-order valence-electron chi connectivity index (χ3n) is 2.28. The predicted molar refractivity (Wildman–Crippen MR) is 77.2 cm³/mol. The predicted octanol–water partition coefficient (Wildman–Crippen LogP) is 2.75. The van der Waals surface area contributed by atoms with Crippen LogP contribution < -0.4 is 5.32 Å². The molecule has 0 aliphatic carbocycles. The highest BCUT2D eigenvalue weighted by molar-refractivity contribution is 8.00. The first kappa shape index (κ1) is 15.4. The van der Waals surface area contributed by atoms with Gasteiger partial charge in [-0.1, -0.05) is 32.4 Å². The molecule has 102 valence electrons. The van der Waals surface area contributed by atoms with Gasteiger partial charge in [-0.2, -0.15) is 16.9 Å². The van der Waals surface area contributed by atoms with Crippen LogP contribution in [0.4, 0.5) is 0 Å². The molecule has 0 unspecified atom stereocenters. The molecule has 0 spiro atoms. The summed E-state index contributed by atoms with van der Waals surface area (Å²) in [6.45, 7) is 8.95. The molecule has 6 heteroatoms. The fraction of sp³-hybridized carbons (Fsp3) is 0.667. The maximum Gasteiger partial charge on any atom is 0.244 e. The van der Waals surface area contributed by atoms with Crippen molar-refractivity contribution in [3.8, 4) is 0 Å². The molecule has 1 heterocycles. The van der Waals surface area contributed by atoms with Crippen molar-refractivity contribution in [2.24, 2.45) is 0 Å². The van der Waals surface area contributed by atoms with Crippen LogP contribution in [0.5, 0.6) is 0 Å². The summed E-state index contributed by atoms with van der Waals surface area (Å²) in [4.78, 5) is 11.9. The minimum absolute atomic E-state index is 0.0377. The Balaban J connectivity index is 2.33. The van der Waals surface area contributed by atoms with Crippen molar-refractivity contribution >= 4 is 29.3 Å². The summed E-state index contributed by atoms with van der Waals surface area (Å²) in [6.07, 6.45) is 3.18. The van der Waals surface area contributed by atoms with E-state index in [9.17, 15) is 4.79 Å². The lowest BCUT2D eigenvalue weighted by atomic mass is 10.3. The van der Waals surface area contributed by atoms with E-state index in [4.69, 9.17) is 11.6 Å². The summed E-state index contributed by atoms with van der Waals surface area (Å²) in [6, 6.07) is -0.336. The van der Waals surface area contributed by atoms with E-state index in [1.54, 1.807) is 17.8 Å². The van der Waals surface area contributed by atoms with E-state index in [0.29, 0.717) is 11.6 Å². The molecule has 0 radical (unpaired) electrons. The number of aromatic nitrogens is 2. The highest BCUT2D eigenvalue weighted by atomic mass is 35.5. The maximum absolute atomic E-state index is 11.9. The summed E-state index contributed by atoms with van der Waals surface area (Å²) in [5, 5.41) is 7.46. The molecule has 1 aromatic rings. The van der Waals surface area contributed by atoms with Gasteiger partial charge in [0.25, 0.3) is 0 Å². The van der Waals surface area contributed by atoms with Crippen LogP contribution >= 0.6 is 23.4 Å². The minimum atomic E-state index is -0.336. The smallest absolute Gasteiger partial charge is 0.244 e. The third-order valence-corrected chi connectivity index (χ3v) is 3.75. The number of nitrogens with zero attached hydrogens (tertiary/aromatic N) is 2. The number of hydrogen-bond acceptors (Lipinski definition) is 3. The summed E-state index contributed by atoms with van der Waals surface area (Å²) in [7, 11) is 0. The lowest BCUT2D eigenvalue weighted by molar-refractivity contribution is -0.124. The van der Waals surface area contributed by atoms with E-state index in [0.717, 1.165) is 5.75 Å². The topological polar surface area (TPSA) is 46.9 Å². The average Bonchev–Trinajstić information content (AvgIpc) is 2.68. The van der Waals surface area contributed by atoms with Crippen LogP contribution in [0.1, 0.15) is 33.7 Å². The maximum atomic E-state index is 11.9. The zero-order valence-corrected chi connectivity index (χ0v) is 12.8. The molecule has 1 atom stereocenters. The van der Waals surface area contributed by atoms with Gasteiger partial charge in [-0.05, 0) is 6.92 Å². The molecule has 1 rings (SSSR count). The monoisotopic (exact) mass is 289 g/mol. The molecular formula is C12H20ClN3OS. The number of rotatable bonds is 5. The Morgan fingerprint density at radius 3 is 2.78 bits per heavy atom. The fourth-order valence-corrected chi connectivity index (χ4v) is 2.29. The Kier molecular flexibility index (Phi) is 5.53. The SMILES string of the molecule is C[C@H](C(=O)NCCSC(C)(C)C)n1cc(Cl)cn1. The molecule has 4 nitrogen and oxygen atoms in total. The number of halogens is 1. The average molecular weight is 290 g/mol. The van der Waals surface area contributed by atoms with E-state index in [-0.39, 0.29) is 16.7 Å². The van der Waals surface area contributed by atoms with Gasteiger partial charge < -0.3 is 5.32 Å². The molecule has 0 bridgehead atoms. The van der Waals surface area contributed by atoms with Crippen molar-refractivity contribution in [2.75, 3.05) is 12.3 Å². The summed E-state index contributed by atoms with van der Waals surface area (Å²) in [5.41, 5.74) is 0. The summed E-state index contributed by atoms with van der Waals surface area (Å²) < 4.78 is 1.79. The van der Waals surface area contributed by atoms with Gasteiger partial charge >= 0.3 is 0 Å².